The van der Waals surface area contributed by atoms with E-state index in [4.69, 9.17) is 16.2 Å². The van der Waals surface area contributed by atoms with Gasteiger partial charge in [-0.1, -0.05) is 13.3 Å². The Kier molecular flexibility index (Phi) is 12.6. The highest BCUT2D eigenvalue weighted by molar-refractivity contribution is 7.85. The molecule has 0 bridgehead atoms. The zero-order chi connectivity index (χ0) is 13.0. The monoisotopic (exact) mass is 274 g/mol. The maximum absolute atomic E-state index is 10.1. The van der Waals surface area contributed by atoms with Gasteiger partial charge in [0.15, 0.2) is 0 Å². The molecule has 0 saturated carbocycles. The van der Waals surface area contributed by atoms with E-state index in [2.05, 4.69) is 11.7 Å². The Balaban J connectivity index is 0. The van der Waals surface area contributed by atoms with Crippen molar-refractivity contribution < 1.29 is 22.5 Å². The van der Waals surface area contributed by atoms with Gasteiger partial charge in [-0.3, -0.25) is 9.35 Å². The van der Waals surface area contributed by atoms with E-state index in [1.165, 1.54) is 6.92 Å². The van der Waals surface area contributed by atoms with Crippen LogP contribution in [0.1, 0.15) is 33.1 Å². The molecule has 0 unspecified atom stereocenters. The molecule has 0 aliphatic heterocycles. The summed E-state index contributed by atoms with van der Waals surface area (Å²) >= 11 is 5.13. The van der Waals surface area contributed by atoms with Crippen molar-refractivity contribution in [2.75, 3.05) is 18.2 Å². The first-order valence-electron chi connectivity index (χ1n) is 4.98. The lowest BCUT2D eigenvalue weighted by Gasteiger charge is -1.96. The highest BCUT2D eigenvalue weighted by atomic mass is 35.5. The van der Waals surface area contributed by atoms with Crippen LogP contribution in [0.25, 0.3) is 0 Å². The molecule has 0 radical (unpaired) electrons. The van der Waals surface area contributed by atoms with Gasteiger partial charge in [-0.2, -0.15) is 8.42 Å². The maximum atomic E-state index is 10.1. The van der Waals surface area contributed by atoms with E-state index in [0.717, 1.165) is 12.8 Å². The number of unbranched alkanes of at least 4 members (excludes halogenated alkanes) is 1. The average molecular weight is 275 g/mol. The number of carbonyl (C=O) groups excluding carboxylic acids is 1. The minimum Gasteiger partial charge on any atom is -0.466 e. The molecule has 0 fully saturated rings. The minimum atomic E-state index is -3.77. The van der Waals surface area contributed by atoms with Crippen molar-refractivity contribution >= 4 is 27.7 Å². The minimum absolute atomic E-state index is 0.182. The van der Waals surface area contributed by atoms with Crippen LogP contribution in [0.3, 0.4) is 0 Å². The summed E-state index contributed by atoms with van der Waals surface area (Å²) in [5.74, 6) is -0.158. The lowest BCUT2D eigenvalue weighted by Crippen LogP contribution is -2.03. The molecule has 5 nitrogen and oxygen atoms in total. The van der Waals surface area contributed by atoms with Crippen LogP contribution in [0, 0.1) is 0 Å². The quantitative estimate of drug-likeness (QED) is 0.346. The van der Waals surface area contributed by atoms with Crippen molar-refractivity contribution in [2.45, 2.75) is 33.1 Å². The summed E-state index contributed by atoms with van der Waals surface area (Å²) in [7, 11) is -3.77. The number of ether oxygens (including phenoxy) is 1. The van der Waals surface area contributed by atoms with Crippen molar-refractivity contribution in [3.05, 3.63) is 0 Å². The predicted molar refractivity (Wildman–Crippen MR) is 63.3 cm³/mol. The predicted octanol–water partition coefficient (Wildman–Crippen LogP) is 1.85. The summed E-state index contributed by atoms with van der Waals surface area (Å²) in [5, 5.41) is 0. The smallest absolute Gasteiger partial charge is 0.302 e. The summed E-state index contributed by atoms with van der Waals surface area (Å²) in [6.07, 6.45) is 2.35. The normalized spacial score (nSPS) is 10.2. The van der Waals surface area contributed by atoms with Gasteiger partial charge in [0.25, 0.3) is 10.1 Å². The van der Waals surface area contributed by atoms with E-state index in [9.17, 15) is 13.2 Å². The van der Waals surface area contributed by atoms with Crippen LogP contribution in [-0.2, 0) is 19.6 Å². The molecule has 0 saturated heterocycles. The fourth-order valence-corrected chi connectivity index (χ4v) is 1.40. The van der Waals surface area contributed by atoms with E-state index in [1.807, 2.05) is 0 Å². The van der Waals surface area contributed by atoms with Crippen molar-refractivity contribution in [3.8, 4) is 0 Å². The SMILES string of the molecule is CCCCOC(C)=O.O=S(=O)(O)CCCCl. The Morgan fingerprint density at radius 3 is 2.19 bits per heavy atom. The molecular formula is C9H19ClO5S. The molecule has 7 heteroatoms. The van der Waals surface area contributed by atoms with Crippen molar-refractivity contribution in [2.24, 2.45) is 0 Å². The van der Waals surface area contributed by atoms with Crippen LogP contribution < -0.4 is 0 Å². The molecule has 0 spiro atoms. The zero-order valence-corrected chi connectivity index (χ0v) is 11.2. The van der Waals surface area contributed by atoms with Gasteiger partial charge in [0.1, 0.15) is 0 Å². The molecule has 0 amide bonds. The average Bonchev–Trinajstić information content (AvgIpc) is 2.14. The van der Waals surface area contributed by atoms with Crippen LogP contribution >= 0.6 is 11.6 Å². The summed E-state index contributed by atoms with van der Waals surface area (Å²) < 4.78 is 32.5. The molecule has 98 valence electrons. The van der Waals surface area contributed by atoms with Gasteiger partial charge in [0.05, 0.1) is 12.4 Å². The van der Waals surface area contributed by atoms with Gasteiger partial charge in [-0.05, 0) is 12.8 Å². The highest BCUT2D eigenvalue weighted by Gasteiger charge is 2.00. The summed E-state index contributed by atoms with van der Waals surface area (Å²) in [5.41, 5.74) is 0. The Bertz CT molecular complexity index is 263. The number of alkyl halides is 1. The van der Waals surface area contributed by atoms with Crippen LogP contribution in [-0.4, -0.2) is 37.2 Å². The van der Waals surface area contributed by atoms with Crippen LogP contribution in [0.4, 0.5) is 0 Å². The highest BCUT2D eigenvalue weighted by Crippen LogP contribution is 1.89. The lowest BCUT2D eigenvalue weighted by atomic mass is 10.4. The number of esters is 1. The van der Waals surface area contributed by atoms with Gasteiger partial charge in [-0.15, -0.1) is 11.6 Å². The third kappa shape index (κ3) is 23.5. The summed E-state index contributed by atoms with van der Waals surface area (Å²) in [4.78, 5) is 10.1. The van der Waals surface area contributed by atoms with E-state index in [1.54, 1.807) is 0 Å². The Morgan fingerprint density at radius 2 is 1.94 bits per heavy atom. The van der Waals surface area contributed by atoms with Crippen molar-refractivity contribution in [3.63, 3.8) is 0 Å². The first-order valence-corrected chi connectivity index (χ1v) is 7.12. The van der Waals surface area contributed by atoms with E-state index in [-0.39, 0.29) is 17.6 Å². The molecule has 16 heavy (non-hydrogen) atoms. The second-order valence-electron chi connectivity index (χ2n) is 3.02. The number of carbonyl (C=O) groups is 1. The fourth-order valence-electron chi connectivity index (χ4n) is 0.597. The number of rotatable bonds is 6. The van der Waals surface area contributed by atoms with Gasteiger partial charge < -0.3 is 4.74 Å². The van der Waals surface area contributed by atoms with Crippen LogP contribution in [0.15, 0.2) is 0 Å². The fraction of sp³-hybridized carbons (Fsp3) is 0.889. The third-order valence-electron chi connectivity index (χ3n) is 1.34. The second kappa shape index (κ2) is 11.2. The third-order valence-corrected chi connectivity index (χ3v) is 2.41. The molecule has 0 aliphatic rings. The molecule has 0 aromatic heterocycles. The topological polar surface area (TPSA) is 80.7 Å². The Hall–Kier alpha value is -0.330. The van der Waals surface area contributed by atoms with Crippen LogP contribution in [0.5, 0.6) is 0 Å². The summed E-state index contributed by atoms with van der Waals surface area (Å²) in [6, 6.07) is 0. The second-order valence-corrected chi connectivity index (χ2v) is 4.97. The molecule has 0 aromatic rings. The van der Waals surface area contributed by atoms with Gasteiger partial charge in [0, 0.05) is 12.8 Å². The number of halogens is 1. The molecule has 1 N–H and O–H groups in total. The number of hydrogen-bond donors (Lipinski definition) is 1. The first kappa shape index (κ1) is 18.0. The van der Waals surface area contributed by atoms with E-state index >= 15 is 0 Å². The van der Waals surface area contributed by atoms with Gasteiger partial charge in [0.2, 0.25) is 0 Å². The van der Waals surface area contributed by atoms with E-state index < -0.39 is 10.1 Å². The largest absolute Gasteiger partial charge is 0.466 e. The molecule has 0 aromatic carbocycles. The Morgan fingerprint density at radius 1 is 1.38 bits per heavy atom. The molecule has 0 aliphatic carbocycles. The van der Waals surface area contributed by atoms with Crippen molar-refractivity contribution in [1.82, 2.24) is 0 Å². The molecule has 0 heterocycles. The first-order chi connectivity index (χ1) is 7.33. The number of hydrogen-bond acceptors (Lipinski definition) is 4. The standard InChI is InChI=1S/C6H12O2.C3H7ClO3S/c1-3-4-5-8-6(2)7;4-2-1-3-8(5,6)7/h3-5H2,1-2H3;1-3H2,(H,5,6,7). The molecular weight excluding hydrogens is 256 g/mol. The van der Waals surface area contributed by atoms with Gasteiger partial charge >= 0.3 is 5.97 Å². The lowest BCUT2D eigenvalue weighted by molar-refractivity contribution is -0.141. The van der Waals surface area contributed by atoms with Crippen molar-refractivity contribution in [1.29, 1.82) is 0 Å². The summed E-state index contributed by atoms with van der Waals surface area (Å²) in [6.45, 7) is 4.06. The van der Waals surface area contributed by atoms with E-state index in [0.29, 0.717) is 13.0 Å². The molecule has 0 rings (SSSR count). The molecule has 0 atom stereocenters. The van der Waals surface area contributed by atoms with Gasteiger partial charge in [-0.25, -0.2) is 0 Å². The maximum Gasteiger partial charge on any atom is 0.302 e. The van der Waals surface area contributed by atoms with Crippen LogP contribution in [0.2, 0.25) is 0 Å². The zero-order valence-electron chi connectivity index (χ0n) is 9.61. The Labute approximate surface area is 102 Å².